The molecular formula is C41H28F6N2. The van der Waals surface area contributed by atoms with Crippen molar-refractivity contribution in [2.45, 2.75) is 33.1 Å². The third kappa shape index (κ3) is 4.80. The largest absolute Gasteiger partial charge is 0.420 e. The van der Waals surface area contributed by atoms with Crippen molar-refractivity contribution in [3.8, 4) is 22.5 Å². The van der Waals surface area contributed by atoms with Crippen LogP contribution < -0.4 is 0 Å². The maximum Gasteiger partial charge on any atom is 0.420 e. The van der Waals surface area contributed by atoms with Gasteiger partial charge in [-0.1, -0.05) is 72.8 Å². The summed E-state index contributed by atoms with van der Waals surface area (Å²) in [6, 6.07) is 31.9. The van der Waals surface area contributed by atoms with Gasteiger partial charge >= 0.3 is 12.4 Å². The number of halogens is 6. The van der Waals surface area contributed by atoms with Gasteiger partial charge in [0.15, 0.2) is 0 Å². The number of rotatable bonds is 3. The van der Waals surface area contributed by atoms with Crippen LogP contribution in [0.1, 0.15) is 27.8 Å². The van der Waals surface area contributed by atoms with E-state index in [1.54, 1.807) is 46.4 Å². The molecule has 8 rings (SSSR count). The Morgan fingerprint density at radius 2 is 0.918 bits per heavy atom. The third-order valence-corrected chi connectivity index (χ3v) is 9.39. The van der Waals surface area contributed by atoms with Gasteiger partial charge in [0.05, 0.1) is 39.0 Å². The van der Waals surface area contributed by atoms with E-state index in [0.29, 0.717) is 27.6 Å². The fourth-order valence-electron chi connectivity index (χ4n) is 7.37. The van der Waals surface area contributed by atoms with Gasteiger partial charge in [-0.15, -0.1) is 0 Å². The molecular weight excluding hydrogens is 634 g/mol. The van der Waals surface area contributed by atoms with Gasteiger partial charge in [-0.25, -0.2) is 0 Å². The summed E-state index contributed by atoms with van der Waals surface area (Å²) < 4.78 is 94.9. The topological polar surface area (TPSA) is 9.86 Å². The maximum atomic E-state index is 15.9. The average molecular weight is 663 g/mol. The van der Waals surface area contributed by atoms with Crippen LogP contribution in [0.15, 0.2) is 115 Å². The number of nitrogens with zero attached hydrogens (tertiary/aromatic N) is 2. The van der Waals surface area contributed by atoms with E-state index in [0.717, 1.165) is 38.7 Å². The predicted octanol–water partition coefficient (Wildman–Crippen LogP) is 12.5. The van der Waals surface area contributed by atoms with Gasteiger partial charge in [-0.05, 0) is 91.1 Å². The normalized spacial score (nSPS) is 12.6. The van der Waals surface area contributed by atoms with Crippen molar-refractivity contribution in [1.82, 2.24) is 9.13 Å². The molecule has 0 aliphatic carbocycles. The van der Waals surface area contributed by atoms with Crippen molar-refractivity contribution in [2.75, 3.05) is 0 Å². The SMILES string of the molecule is Cc1ccc2c3ccccc3n(-c3cc(-c4c(C)cccc4C(F)(F)F)cc(-n4c5ccccc5c5ccc(C)cc54)c3C(F)(F)F)c2c1. The highest BCUT2D eigenvalue weighted by atomic mass is 19.4. The Morgan fingerprint density at radius 1 is 0.449 bits per heavy atom. The molecule has 0 atom stereocenters. The minimum Gasteiger partial charge on any atom is -0.309 e. The second kappa shape index (κ2) is 10.8. The van der Waals surface area contributed by atoms with Crippen LogP contribution >= 0.6 is 0 Å². The Morgan fingerprint density at radius 3 is 1.39 bits per heavy atom. The molecule has 0 amide bonds. The minimum absolute atomic E-state index is 0.0283. The van der Waals surface area contributed by atoms with Gasteiger partial charge in [-0.3, -0.25) is 0 Å². The highest BCUT2D eigenvalue weighted by Crippen LogP contribution is 2.48. The Kier molecular flexibility index (Phi) is 6.76. The molecule has 8 aromatic rings. The van der Waals surface area contributed by atoms with Gasteiger partial charge in [0.1, 0.15) is 5.56 Å². The summed E-state index contributed by atoms with van der Waals surface area (Å²) in [5, 5.41) is 2.94. The lowest BCUT2D eigenvalue weighted by Crippen LogP contribution is -2.17. The zero-order chi connectivity index (χ0) is 34.4. The van der Waals surface area contributed by atoms with Crippen molar-refractivity contribution in [1.29, 1.82) is 0 Å². The van der Waals surface area contributed by atoms with E-state index in [2.05, 4.69) is 0 Å². The van der Waals surface area contributed by atoms with E-state index in [-0.39, 0.29) is 22.5 Å². The summed E-state index contributed by atoms with van der Waals surface area (Å²) in [6.45, 7) is 5.27. The van der Waals surface area contributed by atoms with E-state index in [9.17, 15) is 13.2 Å². The van der Waals surface area contributed by atoms with Crippen molar-refractivity contribution >= 4 is 43.6 Å². The highest BCUT2D eigenvalue weighted by molar-refractivity contribution is 6.11. The van der Waals surface area contributed by atoms with Crippen molar-refractivity contribution in [3.63, 3.8) is 0 Å². The smallest absolute Gasteiger partial charge is 0.309 e. The molecule has 0 unspecified atom stereocenters. The summed E-state index contributed by atoms with van der Waals surface area (Å²) in [5.41, 5.74) is 1.50. The number of alkyl halides is 6. The lowest BCUT2D eigenvalue weighted by atomic mass is 9.92. The molecule has 0 fully saturated rings. The van der Waals surface area contributed by atoms with Gasteiger partial charge in [-0.2, -0.15) is 26.3 Å². The second-order valence-electron chi connectivity index (χ2n) is 12.6. The zero-order valence-electron chi connectivity index (χ0n) is 26.6. The van der Waals surface area contributed by atoms with Crippen molar-refractivity contribution < 1.29 is 26.3 Å². The van der Waals surface area contributed by atoms with Gasteiger partial charge in [0.2, 0.25) is 0 Å². The molecule has 0 N–H and O–H groups in total. The molecule has 2 nitrogen and oxygen atoms in total. The molecule has 49 heavy (non-hydrogen) atoms. The number of benzene rings is 6. The van der Waals surface area contributed by atoms with E-state index in [1.807, 2.05) is 74.5 Å². The molecule has 0 saturated carbocycles. The Balaban J connectivity index is 1.64. The summed E-state index contributed by atoms with van der Waals surface area (Å²) >= 11 is 0. The molecule has 2 heterocycles. The van der Waals surface area contributed by atoms with Crippen LogP contribution in [-0.4, -0.2) is 9.13 Å². The quantitative estimate of drug-likeness (QED) is 0.167. The van der Waals surface area contributed by atoms with Crippen LogP contribution in [0.3, 0.4) is 0 Å². The number of para-hydroxylation sites is 2. The zero-order valence-corrected chi connectivity index (χ0v) is 26.6. The summed E-state index contributed by atoms with van der Waals surface area (Å²) in [5.74, 6) is 0. The first-order valence-corrected chi connectivity index (χ1v) is 15.8. The summed E-state index contributed by atoms with van der Waals surface area (Å²) in [4.78, 5) is 0. The molecule has 0 aliphatic rings. The fraction of sp³-hybridized carbons (Fsp3) is 0.122. The van der Waals surface area contributed by atoms with Gasteiger partial charge < -0.3 is 9.13 Å². The van der Waals surface area contributed by atoms with Crippen LogP contribution in [0.2, 0.25) is 0 Å². The first-order valence-electron chi connectivity index (χ1n) is 15.8. The third-order valence-electron chi connectivity index (χ3n) is 9.39. The summed E-state index contributed by atoms with van der Waals surface area (Å²) in [7, 11) is 0. The molecule has 0 saturated heterocycles. The molecule has 0 spiro atoms. The van der Waals surface area contributed by atoms with E-state index in [1.165, 1.54) is 18.2 Å². The Bertz CT molecular complexity index is 2480. The average Bonchev–Trinajstić information content (AvgIpc) is 3.54. The molecule has 244 valence electrons. The van der Waals surface area contributed by atoms with Crippen molar-refractivity contribution in [3.05, 3.63) is 143 Å². The molecule has 6 aromatic carbocycles. The number of aryl methyl sites for hydroxylation is 3. The minimum atomic E-state index is -4.91. The van der Waals surface area contributed by atoms with Crippen LogP contribution in [0, 0.1) is 20.8 Å². The monoisotopic (exact) mass is 662 g/mol. The molecule has 8 heteroatoms. The van der Waals surface area contributed by atoms with Crippen molar-refractivity contribution in [2.24, 2.45) is 0 Å². The number of hydrogen-bond donors (Lipinski definition) is 0. The van der Waals surface area contributed by atoms with Gasteiger partial charge in [0.25, 0.3) is 0 Å². The first kappa shape index (κ1) is 30.8. The molecule has 0 radical (unpaired) electrons. The first-order chi connectivity index (χ1) is 23.3. The maximum absolute atomic E-state index is 15.9. The van der Waals surface area contributed by atoms with E-state index < -0.39 is 23.5 Å². The van der Waals surface area contributed by atoms with E-state index >= 15 is 13.2 Å². The molecule has 2 aromatic heterocycles. The predicted molar refractivity (Wildman–Crippen MR) is 185 cm³/mol. The van der Waals surface area contributed by atoms with Crippen LogP contribution in [-0.2, 0) is 12.4 Å². The number of fused-ring (bicyclic) bond motifs is 6. The van der Waals surface area contributed by atoms with Crippen LogP contribution in [0.5, 0.6) is 0 Å². The lowest BCUT2D eigenvalue weighted by molar-refractivity contribution is -0.138. The lowest BCUT2D eigenvalue weighted by Gasteiger charge is -2.24. The summed E-state index contributed by atoms with van der Waals surface area (Å²) in [6.07, 6.45) is -9.66. The highest BCUT2D eigenvalue weighted by Gasteiger charge is 2.41. The number of aromatic nitrogens is 2. The second-order valence-corrected chi connectivity index (χ2v) is 12.6. The molecule has 0 aliphatic heterocycles. The fourth-order valence-corrected chi connectivity index (χ4v) is 7.37. The Hall–Kier alpha value is -5.50. The standard InChI is InChI=1S/C41H28F6N2/c1-23-15-17-29-27-10-4-6-13-32(27)48(34(29)19-23)36-21-26(38-25(3)9-8-12-31(38)40(42,43)44)22-37(39(36)41(45,46)47)49-33-14-7-5-11-28(33)30-18-16-24(2)20-35(30)49/h4-22H,1-3H3. The molecule has 0 bridgehead atoms. The number of hydrogen-bond acceptors (Lipinski definition) is 0. The van der Waals surface area contributed by atoms with E-state index in [4.69, 9.17) is 0 Å². The van der Waals surface area contributed by atoms with Gasteiger partial charge in [0, 0.05) is 21.5 Å². The van der Waals surface area contributed by atoms with Crippen LogP contribution in [0.4, 0.5) is 26.3 Å². The van der Waals surface area contributed by atoms with Crippen LogP contribution in [0.25, 0.3) is 66.1 Å². The Labute approximate surface area is 277 Å².